The van der Waals surface area contributed by atoms with Crippen LogP contribution in [0.5, 0.6) is 11.5 Å². The maximum atomic E-state index is 12.2. The van der Waals surface area contributed by atoms with Gasteiger partial charge in [0.15, 0.2) is 0 Å². The van der Waals surface area contributed by atoms with Crippen LogP contribution in [0.4, 0.5) is 11.4 Å². The van der Waals surface area contributed by atoms with Crippen molar-refractivity contribution in [3.8, 4) is 11.5 Å². The van der Waals surface area contributed by atoms with Crippen molar-refractivity contribution < 1.29 is 14.6 Å². The van der Waals surface area contributed by atoms with Crippen molar-refractivity contribution in [3.63, 3.8) is 0 Å². The molecule has 0 aliphatic rings. The Morgan fingerprint density at radius 3 is 2.75 bits per heavy atom. The Morgan fingerprint density at radius 2 is 2.05 bits per heavy atom. The third-order valence-electron chi connectivity index (χ3n) is 3.04. The Kier molecular flexibility index (Phi) is 3.79. The van der Waals surface area contributed by atoms with Gasteiger partial charge in [-0.25, -0.2) is 0 Å². The highest BCUT2D eigenvalue weighted by Gasteiger charge is 2.12. The van der Waals surface area contributed by atoms with Gasteiger partial charge in [-0.05, 0) is 31.2 Å². The van der Waals surface area contributed by atoms with Gasteiger partial charge in [0.1, 0.15) is 11.5 Å². The number of carbonyl (C=O) groups excluding carboxylic acids is 1. The van der Waals surface area contributed by atoms with Gasteiger partial charge in [0, 0.05) is 22.9 Å². The summed E-state index contributed by atoms with van der Waals surface area (Å²) in [6, 6.07) is 9.81. The number of nitrogen functional groups attached to an aromatic ring is 1. The predicted octanol–water partition coefficient (Wildman–Crippen LogP) is 2.54. The van der Waals surface area contributed by atoms with Crippen LogP contribution in [-0.4, -0.2) is 18.1 Å². The Labute approximate surface area is 117 Å². The highest BCUT2D eigenvalue weighted by molar-refractivity contribution is 6.05. The van der Waals surface area contributed by atoms with Gasteiger partial charge in [0.05, 0.1) is 12.8 Å². The number of phenolic OH excluding ortho intramolecular Hbond substituents is 1. The van der Waals surface area contributed by atoms with Gasteiger partial charge in [-0.15, -0.1) is 0 Å². The molecule has 2 aromatic rings. The average Bonchev–Trinajstić information content (AvgIpc) is 2.43. The fourth-order valence-corrected chi connectivity index (χ4v) is 1.86. The molecule has 1 amide bonds. The monoisotopic (exact) mass is 272 g/mol. The largest absolute Gasteiger partial charge is 0.508 e. The number of nitrogens with two attached hydrogens (primary N) is 1. The van der Waals surface area contributed by atoms with E-state index in [1.54, 1.807) is 43.3 Å². The number of benzene rings is 2. The Balaban J connectivity index is 2.26. The van der Waals surface area contributed by atoms with Gasteiger partial charge in [-0.2, -0.15) is 0 Å². The minimum atomic E-state index is -0.301. The Bertz CT molecular complexity index is 654. The SMILES string of the molecule is COc1cc(NC(=O)c2cccc(O)c2C)ccc1N. The van der Waals surface area contributed by atoms with Gasteiger partial charge in [-0.3, -0.25) is 4.79 Å². The van der Waals surface area contributed by atoms with Gasteiger partial charge >= 0.3 is 0 Å². The summed E-state index contributed by atoms with van der Waals surface area (Å²) in [6.07, 6.45) is 0. The summed E-state index contributed by atoms with van der Waals surface area (Å²) in [6.45, 7) is 1.69. The van der Waals surface area contributed by atoms with Crippen molar-refractivity contribution in [2.45, 2.75) is 6.92 Å². The number of phenols is 1. The fourth-order valence-electron chi connectivity index (χ4n) is 1.86. The topological polar surface area (TPSA) is 84.6 Å². The molecule has 0 saturated carbocycles. The normalized spacial score (nSPS) is 10.1. The van der Waals surface area contributed by atoms with Gasteiger partial charge < -0.3 is 20.9 Å². The van der Waals surface area contributed by atoms with Crippen LogP contribution in [0, 0.1) is 6.92 Å². The van der Waals surface area contributed by atoms with Crippen molar-refractivity contribution in [1.82, 2.24) is 0 Å². The first-order valence-corrected chi connectivity index (χ1v) is 6.06. The van der Waals surface area contributed by atoms with E-state index in [9.17, 15) is 9.90 Å². The first-order valence-electron chi connectivity index (χ1n) is 6.06. The van der Waals surface area contributed by atoms with E-state index in [2.05, 4.69) is 5.32 Å². The van der Waals surface area contributed by atoms with Crippen molar-refractivity contribution >= 4 is 17.3 Å². The molecule has 5 nitrogen and oxygen atoms in total. The summed E-state index contributed by atoms with van der Waals surface area (Å²) in [5.41, 5.74) is 7.74. The lowest BCUT2D eigenvalue weighted by molar-refractivity contribution is 0.102. The summed E-state index contributed by atoms with van der Waals surface area (Å²) in [5, 5.41) is 12.4. The first kappa shape index (κ1) is 13.7. The second kappa shape index (κ2) is 5.52. The van der Waals surface area contributed by atoms with E-state index in [1.165, 1.54) is 7.11 Å². The van der Waals surface area contributed by atoms with Crippen LogP contribution in [0.2, 0.25) is 0 Å². The molecule has 0 unspecified atom stereocenters. The summed E-state index contributed by atoms with van der Waals surface area (Å²) in [7, 11) is 1.51. The number of amides is 1. The number of anilines is 2. The molecule has 0 saturated heterocycles. The molecule has 0 aromatic heterocycles. The molecule has 2 rings (SSSR count). The smallest absolute Gasteiger partial charge is 0.256 e. The molecule has 0 atom stereocenters. The van der Waals surface area contributed by atoms with Crippen LogP contribution in [-0.2, 0) is 0 Å². The molecule has 0 heterocycles. The van der Waals surface area contributed by atoms with Crippen LogP contribution >= 0.6 is 0 Å². The molecule has 2 aromatic carbocycles. The third kappa shape index (κ3) is 2.66. The molecule has 0 fully saturated rings. The molecule has 0 radical (unpaired) electrons. The first-order chi connectivity index (χ1) is 9.52. The molecule has 20 heavy (non-hydrogen) atoms. The zero-order chi connectivity index (χ0) is 14.7. The standard InChI is InChI=1S/C15H16N2O3/c1-9-11(4-3-5-13(9)18)15(19)17-10-6-7-12(16)14(8-10)20-2/h3-8,18H,16H2,1-2H3,(H,17,19). The molecule has 0 aliphatic carbocycles. The second-order valence-corrected chi connectivity index (χ2v) is 4.36. The quantitative estimate of drug-likeness (QED) is 0.750. The van der Waals surface area contributed by atoms with Crippen LogP contribution in [0.1, 0.15) is 15.9 Å². The van der Waals surface area contributed by atoms with Gasteiger partial charge in [-0.1, -0.05) is 6.07 Å². The highest BCUT2D eigenvalue weighted by atomic mass is 16.5. The highest BCUT2D eigenvalue weighted by Crippen LogP contribution is 2.26. The lowest BCUT2D eigenvalue weighted by Crippen LogP contribution is -2.13. The van der Waals surface area contributed by atoms with Crippen molar-refractivity contribution in [3.05, 3.63) is 47.5 Å². The van der Waals surface area contributed by atoms with Gasteiger partial charge in [0.2, 0.25) is 0 Å². The predicted molar refractivity (Wildman–Crippen MR) is 78.2 cm³/mol. The zero-order valence-electron chi connectivity index (χ0n) is 11.3. The van der Waals surface area contributed by atoms with Crippen molar-refractivity contribution in [2.75, 3.05) is 18.2 Å². The summed E-state index contributed by atoms with van der Waals surface area (Å²) >= 11 is 0. The van der Waals surface area contributed by atoms with E-state index in [0.29, 0.717) is 28.3 Å². The second-order valence-electron chi connectivity index (χ2n) is 4.36. The molecular formula is C15H16N2O3. The van der Waals surface area contributed by atoms with E-state index in [1.807, 2.05) is 0 Å². The lowest BCUT2D eigenvalue weighted by atomic mass is 10.1. The van der Waals surface area contributed by atoms with Crippen LogP contribution < -0.4 is 15.8 Å². The molecule has 0 spiro atoms. The van der Waals surface area contributed by atoms with E-state index >= 15 is 0 Å². The molecule has 5 heteroatoms. The van der Waals surface area contributed by atoms with E-state index in [0.717, 1.165) is 0 Å². The Morgan fingerprint density at radius 1 is 1.30 bits per heavy atom. The number of hydrogen-bond acceptors (Lipinski definition) is 4. The van der Waals surface area contributed by atoms with Crippen molar-refractivity contribution in [1.29, 1.82) is 0 Å². The Hall–Kier alpha value is -2.69. The molecule has 0 aliphatic heterocycles. The summed E-state index contributed by atoms with van der Waals surface area (Å²) in [5.74, 6) is 0.285. The zero-order valence-corrected chi connectivity index (χ0v) is 11.3. The molecular weight excluding hydrogens is 256 g/mol. The average molecular weight is 272 g/mol. The minimum Gasteiger partial charge on any atom is -0.508 e. The van der Waals surface area contributed by atoms with Crippen LogP contribution in [0.3, 0.4) is 0 Å². The number of rotatable bonds is 3. The van der Waals surface area contributed by atoms with E-state index in [-0.39, 0.29) is 11.7 Å². The summed E-state index contributed by atoms with van der Waals surface area (Å²) < 4.78 is 5.10. The lowest BCUT2D eigenvalue weighted by Gasteiger charge is -2.11. The minimum absolute atomic E-state index is 0.0903. The molecule has 4 N–H and O–H groups in total. The van der Waals surface area contributed by atoms with Crippen LogP contribution in [0.15, 0.2) is 36.4 Å². The maximum Gasteiger partial charge on any atom is 0.256 e. The number of aromatic hydroxyl groups is 1. The number of methoxy groups -OCH3 is 1. The molecule has 104 valence electrons. The number of carbonyl (C=O) groups is 1. The third-order valence-corrected chi connectivity index (χ3v) is 3.04. The summed E-state index contributed by atoms with van der Waals surface area (Å²) in [4.78, 5) is 12.2. The van der Waals surface area contributed by atoms with E-state index < -0.39 is 0 Å². The van der Waals surface area contributed by atoms with E-state index in [4.69, 9.17) is 10.5 Å². The number of ether oxygens (including phenoxy) is 1. The fraction of sp³-hybridized carbons (Fsp3) is 0.133. The molecule has 0 bridgehead atoms. The number of nitrogens with one attached hydrogen (secondary N) is 1. The van der Waals surface area contributed by atoms with Crippen molar-refractivity contribution in [2.24, 2.45) is 0 Å². The van der Waals surface area contributed by atoms with Gasteiger partial charge in [0.25, 0.3) is 5.91 Å². The van der Waals surface area contributed by atoms with Crippen LogP contribution in [0.25, 0.3) is 0 Å². The maximum absolute atomic E-state index is 12.2. The number of hydrogen-bond donors (Lipinski definition) is 3.